The number of anilines is 1. The van der Waals surface area contributed by atoms with Gasteiger partial charge in [0.25, 0.3) is 0 Å². The molecular formula is C16H16ClN3S. The van der Waals surface area contributed by atoms with Crippen molar-refractivity contribution in [1.29, 1.82) is 0 Å². The number of nitrogens with zero attached hydrogens (tertiary/aromatic N) is 2. The summed E-state index contributed by atoms with van der Waals surface area (Å²) >= 11 is 7.83. The third-order valence-electron chi connectivity index (χ3n) is 3.23. The van der Waals surface area contributed by atoms with Crippen LogP contribution in [-0.4, -0.2) is 16.5 Å². The molecule has 0 atom stereocenters. The number of aromatic nitrogens is 2. The number of benzene rings is 1. The highest BCUT2D eigenvalue weighted by Crippen LogP contribution is 2.30. The van der Waals surface area contributed by atoms with Crippen LogP contribution in [0.2, 0.25) is 5.02 Å². The van der Waals surface area contributed by atoms with E-state index in [-0.39, 0.29) is 0 Å². The molecule has 21 heavy (non-hydrogen) atoms. The van der Waals surface area contributed by atoms with Crippen molar-refractivity contribution in [3.05, 3.63) is 40.2 Å². The summed E-state index contributed by atoms with van der Waals surface area (Å²) in [6.07, 6.45) is 1.04. The van der Waals surface area contributed by atoms with Gasteiger partial charge in [-0.1, -0.05) is 18.5 Å². The topological polar surface area (TPSA) is 37.8 Å². The minimum Gasteiger partial charge on any atom is -0.370 e. The molecule has 3 aromatic rings. The minimum absolute atomic E-state index is 0.697. The Hall–Kier alpha value is -1.65. The molecule has 0 amide bonds. The van der Waals surface area contributed by atoms with Gasteiger partial charge < -0.3 is 5.32 Å². The zero-order valence-corrected chi connectivity index (χ0v) is 13.6. The van der Waals surface area contributed by atoms with Crippen LogP contribution in [0.15, 0.2) is 30.3 Å². The van der Waals surface area contributed by atoms with Crippen LogP contribution in [0.3, 0.4) is 0 Å². The number of aryl methyl sites for hydroxylation is 1. The van der Waals surface area contributed by atoms with Crippen molar-refractivity contribution >= 4 is 39.7 Å². The van der Waals surface area contributed by atoms with Gasteiger partial charge in [0.2, 0.25) is 0 Å². The van der Waals surface area contributed by atoms with Gasteiger partial charge in [-0.2, -0.15) is 0 Å². The van der Waals surface area contributed by atoms with E-state index >= 15 is 0 Å². The maximum Gasteiger partial charge on any atom is 0.172 e. The second-order valence-electron chi connectivity index (χ2n) is 4.71. The van der Waals surface area contributed by atoms with Gasteiger partial charge in [0.15, 0.2) is 5.82 Å². The highest BCUT2D eigenvalue weighted by atomic mass is 35.5. The van der Waals surface area contributed by atoms with Gasteiger partial charge in [0.05, 0.1) is 10.4 Å². The molecule has 0 saturated heterocycles. The summed E-state index contributed by atoms with van der Waals surface area (Å²) in [5, 5.41) is 4.96. The maximum absolute atomic E-state index is 6.09. The van der Waals surface area contributed by atoms with Crippen LogP contribution in [0.25, 0.3) is 21.6 Å². The van der Waals surface area contributed by atoms with Gasteiger partial charge in [-0.15, -0.1) is 11.3 Å². The molecular weight excluding hydrogens is 302 g/mol. The van der Waals surface area contributed by atoms with E-state index in [2.05, 4.69) is 41.3 Å². The molecule has 5 heteroatoms. The van der Waals surface area contributed by atoms with Crippen LogP contribution in [0.1, 0.15) is 18.7 Å². The molecule has 108 valence electrons. The predicted molar refractivity (Wildman–Crippen MR) is 91.4 cm³/mol. The summed E-state index contributed by atoms with van der Waals surface area (Å²) in [5.41, 5.74) is 0.909. The van der Waals surface area contributed by atoms with Crippen LogP contribution in [-0.2, 0) is 6.42 Å². The van der Waals surface area contributed by atoms with E-state index in [0.29, 0.717) is 5.02 Å². The molecule has 3 nitrogen and oxygen atoms in total. The molecule has 3 rings (SSSR count). The summed E-state index contributed by atoms with van der Waals surface area (Å²) < 4.78 is 0. The van der Waals surface area contributed by atoms with Crippen molar-refractivity contribution in [2.24, 2.45) is 0 Å². The lowest BCUT2D eigenvalue weighted by Gasteiger charge is -2.09. The largest absolute Gasteiger partial charge is 0.370 e. The molecule has 2 aromatic heterocycles. The number of rotatable bonds is 4. The van der Waals surface area contributed by atoms with Gasteiger partial charge in [0, 0.05) is 21.8 Å². The Morgan fingerprint density at radius 1 is 1.14 bits per heavy atom. The van der Waals surface area contributed by atoms with Crippen molar-refractivity contribution in [2.75, 3.05) is 11.9 Å². The predicted octanol–water partition coefficient (Wildman–Crippen LogP) is 5.01. The van der Waals surface area contributed by atoms with E-state index in [4.69, 9.17) is 11.6 Å². The molecule has 0 fully saturated rings. The summed E-state index contributed by atoms with van der Waals surface area (Å²) in [6, 6.07) is 9.95. The minimum atomic E-state index is 0.697. The molecule has 0 unspecified atom stereocenters. The molecule has 0 saturated carbocycles. The number of halogens is 1. The quantitative estimate of drug-likeness (QED) is 0.735. The van der Waals surface area contributed by atoms with Crippen molar-refractivity contribution < 1.29 is 0 Å². The Labute approximate surface area is 133 Å². The Balaban J connectivity index is 2.17. The summed E-state index contributed by atoms with van der Waals surface area (Å²) in [7, 11) is 0. The van der Waals surface area contributed by atoms with Crippen molar-refractivity contribution in [3.63, 3.8) is 0 Å². The highest BCUT2D eigenvalue weighted by Gasteiger charge is 2.11. The number of hydrogen-bond acceptors (Lipinski definition) is 4. The molecule has 0 aliphatic carbocycles. The summed E-state index contributed by atoms with van der Waals surface area (Å²) in [6.45, 7) is 5.02. The first kappa shape index (κ1) is 14.3. The van der Waals surface area contributed by atoms with Gasteiger partial charge >= 0.3 is 0 Å². The zero-order chi connectivity index (χ0) is 14.8. The van der Waals surface area contributed by atoms with Gasteiger partial charge in [-0.05, 0) is 43.7 Å². The van der Waals surface area contributed by atoms with E-state index in [9.17, 15) is 0 Å². The van der Waals surface area contributed by atoms with Crippen LogP contribution in [0.5, 0.6) is 0 Å². The molecule has 0 bridgehead atoms. The zero-order valence-electron chi connectivity index (χ0n) is 12.0. The van der Waals surface area contributed by atoms with Crippen molar-refractivity contribution in [1.82, 2.24) is 9.97 Å². The van der Waals surface area contributed by atoms with E-state index < -0.39 is 0 Å². The monoisotopic (exact) mass is 317 g/mol. The standard InChI is InChI=1S/C16H16ClN3S/c1-3-11-6-8-14(21-11)16-19-13-7-5-10(17)9-12(13)15(20-16)18-4-2/h5-9H,3-4H2,1-2H3,(H,18,19,20). The first-order valence-electron chi connectivity index (χ1n) is 7.01. The average Bonchev–Trinajstić information content (AvgIpc) is 2.97. The highest BCUT2D eigenvalue weighted by molar-refractivity contribution is 7.15. The molecule has 2 heterocycles. The van der Waals surface area contributed by atoms with Gasteiger partial charge in [0.1, 0.15) is 5.82 Å². The Morgan fingerprint density at radius 3 is 2.71 bits per heavy atom. The Morgan fingerprint density at radius 2 is 2.00 bits per heavy atom. The Bertz CT molecular complexity index is 782. The fraction of sp³-hybridized carbons (Fsp3) is 0.250. The third-order valence-corrected chi connectivity index (χ3v) is 4.69. The Kier molecular flexibility index (Phi) is 4.08. The van der Waals surface area contributed by atoms with Gasteiger partial charge in [-0.3, -0.25) is 0 Å². The summed E-state index contributed by atoms with van der Waals surface area (Å²) in [5.74, 6) is 1.61. The number of hydrogen-bond donors (Lipinski definition) is 1. The number of nitrogens with one attached hydrogen (secondary N) is 1. The van der Waals surface area contributed by atoms with Crippen molar-refractivity contribution in [3.8, 4) is 10.7 Å². The fourth-order valence-electron chi connectivity index (χ4n) is 2.20. The first-order chi connectivity index (χ1) is 10.2. The van der Waals surface area contributed by atoms with Gasteiger partial charge in [-0.25, -0.2) is 9.97 Å². The summed E-state index contributed by atoms with van der Waals surface area (Å²) in [4.78, 5) is 11.8. The fourth-order valence-corrected chi connectivity index (χ4v) is 3.25. The SMILES string of the molecule is CCNc1nc(-c2ccc(CC)s2)nc2ccc(Cl)cc12. The molecule has 1 N–H and O–H groups in total. The van der Waals surface area contributed by atoms with Crippen LogP contribution in [0.4, 0.5) is 5.82 Å². The van der Waals surface area contributed by atoms with Crippen molar-refractivity contribution in [2.45, 2.75) is 20.3 Å². The molecule has 1 aromatic carbocycles. The molecule has 0 spiro atoms. The lowest BCUT2D eigenvalue weighted by atomic mass is 10.2. The van der Waals surface area contributed by atoms with Crippen LogP contribution < -0.4 is 5.32 Å². The van der Waals surface area contributed by atoms with Crippen LogP contribution >= 0.6 is 22.9 Å². The van der Waals surface area contributed by atoms with E-state index in [1.807, 2.05) is 18.2 Å². The maximum atomic E-state index is 6.09. The van der Waals surface area contributed by atoms with Crippen LogP contribution in [0, 0.1) is 0 Å². The normalized spacial score (nSPS) is 11.0. The second kappa shape index (κ2) is 6.00. The smallest absolute Gasteiger partial charge is 0.172 e. The van der Waals surface area contributed by atoms with E-state index in [1.165, 1.54) is 4.88 Å². The third kappa shape index (κ3) is 2.87. The molecule has 0 aliphatic rings. The number of thiophene rings is 1. The lowest BCUT2D eigenvalue weighted by molar-refractivity contribution is 1.15. The first-order valence-corrected chi connectivity index (χ1v) is 8.21. The van der Waals surface area contributed by atoms with E-state index in [1.54, 1.807) is 11.3 Å². The molecule has 0 aliphatic heterocycles. The van der Waals surface area contributed by atoms with E-state index in [0.717, 1.165) is 40.4 Å². The average molecular weight is 318 g/mol. The number of fused-ring (bicyclic) bond motifs is 1. The molecule has 0 radical (unpaired) electrons. The lowest BCUT2D eigenvalue weighted by Crippen LogP contribution is -2.02. The second-order valence-corrected chi connectivity index (χ2v) is 6.31.